The van der Waals surface area contributed by atoms with E-state index >= 15 is 0 Å². The van der Waals surface area contributed by atoms with Crippen molar-refractivity contribution in [3.05, 3.63) is 78.9 Å². The summed E-state index contributed by atoms with van der Waals surface area (Å²) in [5.41, 5.74) is 2.39. The van der Waals surface area contributed by atoms with Crippen LogP contribution < -0.4 is 9.64 Å². The number of aromatic nitrogens is 2. The summed E-state index contributed by atoms with van der Waals surface area (Å²) in [6.07, 6.45) is 0. The Morgan fingerprint density at radius 1 is 0.794 bits per heavy atom. The zero-order chi connectivity index (χ0) is 23.5. The molecule has 5 rings (SSSR count). The van der Waals surface area contributed by atoms with Crippen molar-refractivity contribution < 1.29 is 17.6 Å². The normalized spacial score (nSPS) is 14.8. The van der Waals surface area contributed by atoms with E-state index in [1.807, 2.05) is 60.7 Å². The van der Waals surface area contributed by atoms with Crippen molar-refractivity contribution in [2.45, 2.75) is 4.90 Å². The van der Waals surface area contributed by atoms with Gasteiger partial charge in [0.2, 0.25) is 21.8 Å². The minimum atomic E-state index is -3.79. The maximum atomic E-state index is 13.6. The predicted molar refractivity (Wildman–Crippen MR) is 129 cm³/mol. The first kappa shape index (κ1) is 22.1. The van der Waals surface area contributed by atoms with Crippen LogP contribution in [-0.2, 0) is 10.0 Å². The first-order chi connectivity index (χ1) is 16.6. The molecule has 1 aliphatic rings. The van der Waals surface area contributed by atoms with Gasteiger partial charge in [0.05, 0.1) is 7.11 Å². The van der Waals surface area contributed by atoms with Gasteiger partial charge in [0.25, 0.3) is 0 Å². The van der Waals surface area contributed by atoms with E-state index in [1.165, 1.54) is 11.4 Å². The largest absolute Gasteiger partial charge is 0.495 e. The monoisotopic (exact) mass is 476 g/mol. The van der Waals surface area contributed by atoms with Crippen LogP contribution in [0.25, 0.3) is 22.9 Å². The van der Waals surface area contributed by atoms with Gasteiger partial charge in [-0.3, -0.25) is 0 Å². The zero-order valence-corrected chi connectivity index (χ0v) is 19.5. The second-order valence-corrected chi connectivity index (χ2v) is 9.78. The molecule has 0 bridgehead atoms. The van der Waals surface area contributed by atoms with Crippen LogP contribution in [0.1, 0.15) is 0 Å². The Labute approximate surface area is 198 Å². The van der Waals surface area contributed by atoms with Crippen molar-refractivity contribution in [1.82, 2.24) is 14.5 Å². The van der Waals surface area contributed by atoms with E-state index in [4.69, 9.17) is 9.15 Å². The molecule has 1 fully saturated rings. The fourth-order valence-electron chi connectivity index (χ4n) is 4.01. The zero-order valence-electron chi connectivity index (χ0n) is 18.7. The molecule has 0 N–H and O–H groups in total. The number of methoxy groups -OCH3 is 1. The van der Waals surface area contributed by atoms with Gasteiger partial charge in [-0.05, 0) is 42.5 Å². The fourth-order valence-corrected chi connectivity index (χ4v) is 5.62. The number of hydrogen-bond acceptors (Lipinski definition) is 7. The molecule has 2 heterocycles. The summed E-state index contributed by atoms with van der Waals surface area (Å²) in [4.78, 5) is 2.27. The van der Waals surface area contributed by atoms with Crippen LogP contribution in [0.15, 0.2) is 88.2 Å². The molecule has 0 radical (unpaired) electrons. The summed E-state index contributed by atoms with van der Waals surface area (Å²) in [5.74, 6) is 0.886. The molecular weight excluding hydrogens is 452 g/mol. The van der Waals surface area contributed by atoms with Gasteiger partial charge in [-0.2, -0.15) is 4.31 Å². The number of sulfonamides is 1. The maximum absolute atomic E-state index is 13.6. The second kappa shape index (κ2) is 9.28. The molecule has 0 aliphatic carbocycles. The Balaban J connectivity index is 1.41. The highest BCUT2D eigenvalue weighted by Gasteiger charge is 2.31. The molecule has 0 unspecified atom stereocenters. The third kappa shape index (κ3) is 4.27. The van der Waals surface area contributed by atoms with E-state index in [1.54, 1.807) is 18.2 Å². The SMILES string of the molecule is COc1ccc(-c2nnc(-c3ccccc3)o2)cc1S(=O)(=O)N1CCN(c2ccccc2)CC1. The Morgan fingerprint density at radius 3 is 2.06 bits per heavy atom. The van der Waals surface area contributed by atoms with Gasteiger partial charge in [0.1, 0.15) is 10.6 Å². The van der Waals surface area contributed by atoms with Gasteiger partial charge in [0.15, 0.2) is 0 Å². The Kier molecular flexibility index (Phi) is 6.04. The number of benzene rings is 3. The van der Waals surface area contributed by atoms with Gasteiger partial charge < -0.3 is 14.1 Å². The average molecular weight is 477 g/mol. The lowest BCUT2D eigenvalue weighted by Crippen LogP contribution is -2.48. The Bertz CT molecular complexity index is 1370. The fraction of sp³-hybridized carbons (Fsp3) is 0.200. The highest BCUT2D eigenvalue weighted by Crippen LogP contribution is 2.33. The number of hydrogen-bond donors (Lipinski definition) is 0. The molecular formula is C25H24N4O4S. The third-order valence-corrected chi connectivity index (χ3v) is 7.75. The summed E-state index contributed by atoms with van der Waals surface area (Å²) in [5, 5.41) is 8.24. The Hall–Kier alpha value is -3.69. The third-order valence-electron chi connectivity index (χ3n) is 5.83. The quantitative estimate of drug-likeness (QED) is 0.417. The highest BCUT2D eigenvalue weighted by atomic mass is 32.2. The average Bonchev–Trinajstić information content (AvgIpc) is 3.40. The van der Waals surface area contributed by atoms with Crippen molar-refractivity contribution in [2.75, 3.05) is 38.2 Å². The maximum Gasteiger partial charge on any atom is 0.248 e. The summed E-state index contributed by atoms with van der Waals surface area (Å²) in [6, 6.07) is 24.3. The Morgan fingerprint density at radius 2 is 1.41 bits per heavy atom. The standard InChI is InChI=1S/C25H24N4O4S/c1-32-22-13-12-20(25-27-26-24(33-25)19-8-4-2-5-9-19)18-23(22)34(30,31)29-16-14-28(15-17-29)21-10-6-3-7-11-21/h2-13,18H,14-17H2,1H3. The summed E-state index contributed by atoms with van der Waals surface area (Å²) in [7, 11) is -2.33. The first-order valence-electron chi connectivity index (χ1n) is 10.9. The number of nitrogens with zero attached hydrogens (tertiary/aromatic N) is 4. The lowest BCUT2D eigenvalue weighted by atomic mass is 10.2. The predicted octanol–water partition coefficient (Wildman–Crippen LogP) is 3.92. The van der Waals surface area contributed by atoms with Crippen molar-refractivity contribution in [2.24, 2.45) is 0 Å². The number of anilines is 1. The summed E-state index contributed by atoms with van der Waals surface area (Å²) in [6.45, 7) is 1.97. The highest BCUT2D eigenvalue weighted by molar-refractivity contribution is 7.89. The van der Waals surface area contributed by atoms with Crippen LogP contribution >= 0.6 is 0 Å². The minimum Gasteiger partial charge on any atom is -0.495 e. The molecule has 0 amide bonds. The molecule has 1 saturated heterocycles. The molecule has 3 aromatic carbocycles. The lowest BCUT2D eigenvalue weighted by Gasteiger charge is -2.35. The number of ether oxygens (including phenoxy) is 1. The topological polar surface area (TPSA) is 88.8 Å². The van der Waals surface area contributed by atoms with E-state index in [-0.39, 0.29) is 16.5 Å². The van der Waals surface area contributed by atoms with Gasteiger partial charge >= 0.3 is 0 Å². The van der Waals surface area contributed by atoms with E-state index in [0.717, 1.165) is 11.3 Å². The molecule has 174 valence electrons. The van der Waals surface area contributed by atoms with Crippen molar-refractivity contribution in [3.8, 4) is 28.7 Å². The van der Waals surface area contributed by atoms with Crippen molar-refractivity contribution >= 4 is 15.7 Å². The first-order valence-corrected chi connectivity index (χ1v) is 12.4. The van der Waals surface area contributed by atoms with Crippen molar-refractivity contribution in [1.29, 1.82) is 0 Å². The number of piperazine rings is 1. The molecule has 1 aromatic heterocycles. The van der Waals surface area contributed by atoms with Gasteiger partial charge in [-0.25, -0.2) is 8.42 Å². The van der Waals surface area contributed by atoms with Gasteiger partial charge in [-0.1, -0.05) is 36.4 Å². The summed E-state index contributed by atoms with van der Waals surface area (Å²) >= 11 is 0. The van der Waals surface area contributed by atoms with Crippen LogP contribution in [0.3, 0.4) is 0 Å². The molecule has 0 atom stereocenters. The van der Waals surface area contributed by atoms with Gasteiger partial charge in [-0.15, -0.1) is 10.2 Å². The van der Waals surface area contributed by atoms with E-state index in [2.05, 4.69) is 15.1 Å². The van der Waals surface area contributed by atoms with Crippen LogP contribution in [-0.4, -0.2) is 56.2 Å². The number of rotatable bonds is 6. The smallest absolute Gasteiger partial charge is 0.248 e. The lowest BCUT2D eigenvalue weighted by molar-refractivity contribution is 0.374. The van der Waals surface area contributed by atoms with Crippen molar-refractivity contribution in [3.63, 3.8) is 0 Å². The molecule has 0 saturated carbocycles. The summed E-state index contributed by atoms with van der Waals surface area (Å²) < 4.78 is 39.9. The van der Waals surface area contributed by atoms with Crippen LogP contribution in [0.5, 0.6) is 5.75 Å². The van der Waals surface area contributed by atoms with Gasteiger partial charge in [0, 0.05) is 43.0 Å². The minimum absolute atomic E-state index is 0.0834. The molecule has 1 aliphatic heterocycles. The second-order valence-electron chi connectivity index (χ2n) is 7.87. The molecule has 4 aromatic rings. The molecule has 34 heavy (non-hydrogen) atoms. The molecule has 8 nitrogen and oxygen atoms in total. The molecule has 0 spiro atoms. The van der Waals surface area contributed by atoms with E-state index in [0.29, 0.717) is 37.6 Å². The van der Waals surface area contributed by atoms with E-state index < -0.39 is 10.0 Å². The van der Waals surface area contributed by atoms with Crippen LogP contribution in [0.2, 0.25) is 0 Å². The molecule has 9 heteroatoms. The van der Waals surface area contributed by atoms with E-state index in [9.17, 15) is 8.42 Å². The van der Waals surface area contributed by atoms with Crippen LogP contribution in [0, 0.1) is 0 Å². The number of para-hydroxylation sites is 1. The van der Waals surface area contributed by atoms with Crippen LogP contribution in [0.4, 0.5) is 5.69 Å².